The third kappa shape index (κ3) is 2.20. The second kappa shape index (κ2) is 4.99. The van der Waals surface area contributed by atoms with Crippen LogP contribution in [-0.2, 0) is 16.3 Å². The molecule has 0 N–H and O–H groups in total. The molecule has 4 heteroatoms. The van der Waals surface area contributed by atoms with E-state index < -0.39 is 9.84 Å². The van der Waals surface area contributed by atoms with Crippen molar-refractivity contribution in [1.82, 2.24) is 0 Å². The van der Waals surface area contributed by atoms with Crippen molar-refractivity contribution in [2.45, 2.75) is 49.5 Å². The first-order valence-corrected chi connectivity index (χ1v) is 8.99. The van der Waals surface area contributed by atoms with E-state index in [2.05, 4.69) is 6.92 Å². The second-order valence-electron chi connectivity index (χ2n) is 6.00. The highest BCUT2D eigenvalue weighted by atomic mass is 32.2. The van der Waals surface area contributed by atoms with Crippen molar-refractivity contribution in [1.29, 1.82) is 0 Å². The Morgan fingerprint density at radius 2 is 1.85 bits per heavy atom. The van der Waals surface area contributed by atoms with E-state index in [1.165, 1.54) is 0 Å². The monoisotopic (exact) mass is 292 g/mol. The minimum absolute atomic E-state index is 0.108. The zero-order valence-corrected chi connectivity index (χ0v) is 12.5. The predicted octanol–water partition coefficient (Wildman–Crippen LogP) is 2.79. The van der Waals surface area contributed by atoms with E-state index in [0.717, 1.165) is 30.4 Å². The van der Waals surface area contributed by atoms with Crippen molar-refractivity contribution in [3.05, 3.63) is 35.4 Å². The van der Waals surface area contributed by atoms with Gasteiger partial charge in [-0.05, 0) is 43.7 Å². The first-order valence-electron chi connectivity index (χ1n) is 7.38. The Hall–Kier alpha value is -1.16. The summed E-state index contributed by atoms with van der Waals surface area (Å²) < 4.78 is 24.1. The average molecular weight is 292 g/mol. The number of hydrogen-bond donors (Lipinski definition) is 0. The molecule has 2 bridgehead atoms. The molecule has 1 aromatic rings. The molecule has 0 aliphatic carbocycles. The van der Waals surface area contributed by atoms with Crippen LogP contribution >= 0.6 is 0 Å². The van der Waals surface area contributed by atoms with Crippen LogP contribution in [0.3, 0.4) is 0 Å². The number of ketones is 1. The summed E-state index contributed by atoms with van der Waals surface area (Å²) in [4.78, 5) is 12.6. The molecule has 0 radical (unpaired) electrons. The maximum absolute atomic E-state index is 12.6. The lowest BCUT2D eigenvalue weighted by atomic mass is 9.89. The fourth-order valence-corrected chi connectivity index (χ4v) is 6.08. The lowest BCUT2D eigenvalue weighted by Gasteiger charge is -2.27. The van der Waals surface area contributed by atoms with Gasteiger partial charge in [0, 0.05) is 11.5 Å². The second-order valence-corrected chi connectivity index (χ2v) is 8.51. The first kappa shape index (κ1) is 13.8. The van der Waals surface area contributed by atoms with Crippen molar-refractivity contribution in [2.75, 3.05) is 0 Å². The molecule has 2 aliphatic rings. The molecule has 0 amide bonds. The predicted molar refractivity (Wildman–Crippen MR) is 78.6 cm³/mol. The maximum Gasteiger partial charge on any atom is 0.166 e. The molecule has 2 aliphatic heterocycles. The molecule has 2 atom stereocenters. The first-order chi connectivity index (χ1) is 9.52. The Labute approximate surface area is 120 Å². The van der Waals surface area contributed by atoms with Crippen LogP contribution in [-0.4, -0.2) is 24.7 Å². The zero-order valence-electron chi connectivity index (χ0n) is 11.7. The largest absolute Gasteiger partial charge is 0.294 e. The molecular weight excluding hydrogens is 272 g/mol. The summed E-state index contributed by atoms with van der Waals surface area (Å²) >= 11 is 0. The van der Waals surface area contributed by atoms with E-state index in [0.29, 0.717) is 12.8 Å². The molecule has 3 nitrogen and oxygen atoms in total. The normalized spacial score (nSPS) is 31.1. The minimum atomic E-state index is -2.94. The van der Waals surface area contributed by atoms with Crippen molar-refractivity contribution in [2.24, 2.45) is 5.92 Å². The van der Waals surface area contributed by atoms with Crippen LogP contribution in [0, 0.1) is 5.92 Å². The van der Waals surface area contributed by atoms with Crippen LogP contribution in [0.15, 0.2) is 24.3 Å². The van der Waals surface area contributed by atoms with Gasteiger partial charge >= 0.3 is 0 Å². The van der Waals surface area contributed by atoms with Gasteiger partial charge in [0.15, 0.2) is 15.6 Å². The quantitative estimate of drug-likeness (QED) is 0.805. The SMILES string of the molecule is CCc1cccc(C(=O)C2CC3CCC(C2)S3(=O)=O)c1. The maximum atomic E-state index is 12.6. The van der Waals surface area contributed by atoms with Crippen molar-refractivity contribution in [3.63, 3.8) is 0 Å². The third-order valence-corrected chi connectivity index (χ3v) is 7.54. The summed E-state index contributed by atoms with van der Waals surface area (Å²) in [6.07, 6.45) is 3.44. The number of carbonyl (C=O) groups excluding carboxylic acids is 1. The molecule has 2 unspecified atom stereocenters. The summed E-state index contributed by atoms with van der Waals surface area (Å²) in [6.45, 7) is 2.07. The van der Waals surface area contributed by atoms with Gasteiger partial charge in [-0.15, -0.1) is 0 Å². The van der Waals surface area contributed by atoms with Gasteiger partial charge in [-0.2, -0.15) is 0 Å². The Morgan fingerprint density at radius 1 is 1.20 bits per heavy atom. The van der Waals surface area contributed by atoms with Crippen LogP contribution in [0.1, 0.15) is 48.5 Å². The van der Waals surface area contributed by atoms with Gasteiger partial charge < -0.3 is 0 Å². The molecule has 108 valence electrons. The van der Waals surface area contributed by atoms with Crippen LogP contribution in [0.2, 0.25) is 0 Å². The summed E-state index contributed by atoms with van der Waals surface area (Å²) in [6, 6.07) is 7.74. The van der Waals surface area contributed by atoms with Crippen molar-refractivity contribution in [3.8, 4) is 0 Å². The molecule has 0 spiro atoms. The summed E-state index contributed by atoms with van der Waals surface area (Å²) in [5.41, 5.74) is 1.90. The van der Waals surface area contributed by atoms with Gasteiger partial charge in [-0.25, -0.2) is 8.42 Å². The number of rotatable bonds is 3. The van der Waals surface area contributed by atoms with Gasteiger partial charge in [-0.3, -0.25) is 4.79 Å². The molecule has 3 rings (SSSR count). The fraction of sp³-hybridized carbons (Fsp3) is 0.562. The standard InChI is InChI=1S/C16H20O3S/c1-2-11-4-3-5-12(8-11)16(17)13-9-14-6-7-15(10-13)20(14,18)19/h3-5,8,13-15H,2,6-7,9-10H2,1H3. The Bertz CT molecular complexity index is 613. The molecule has 20 heavy (non-hydrogen) atoms. The van der Waals surface area contributed by atoms with Crippen LogP contribution in [0.25, 0.3) is 0 Å². The molecule has 2 heterocycles. The summed E-state index contributed by atoms with van der Waals surface area (Å²) in [5.74, 6) is 0.0234. The molecule has 1 aromatic carbocycles. The summed E-state index contributed by atoms with van der Waals surface area (Å²) in [5, 5.41) is -0.547. The van der Waals surface area contributed by atoms with Crippen LogP contribution in [0.4, 0.5) is 0 Å². The highest BCUT2D eigenvalue weighted by Crippen LogP contribution is 2.42. The van der Waals surface area contributed by atoms with Crippen molar-refractivity contribution < 1.29 is 13.2 Å². The Kier molecular flexibility index (Phi) is 3.44. The number of fused-ring (bicyclic) bond motifs is 2. The van der Waals surface area contributed by atoms with E-state index in [1.807, 2.05) is 24.3 Å². The molecule has 0 aromatic heterocycles. The lowest BCUT2D eigenvalue weighted by Crippen LogP contribution is -2.36. The smallest absolute Gasteiger partial charge is 0.166 e. The van der Waals surface area contributed by atoms with Gasteiger partial charge in [-0.1, -0.05) is 25.1 Å². The van der Waals surface area contributed by atoms with Gasteiger partial charge in [0.1, 0.15) is 0 Å². The Balaban J connectivity index is 1.82. The van der Waals surface area contributed by atoms with E-state index >= 15 is 0 Å². The topological polar surface area (TPSA) is 51.2 Å². The third-order valence-electron chi connectivity index (χ3n) is 4.83. The van der Waals surface area contributed by atoms with Gasteiger partial charge in [0.05, 0.1) is 10.5 Å². The number of sulfone groups is 1. The molecule has 2 saturated heterocycles. The highest BCUT2D eigenvalue weighted by Gasteiger charge is 2.48. The number of benzene rings is 1. The van der Waals surface area contributed by atoms with E-state index in [4.69, 9.17) is 0 Å². The number of aryl methyl sites for hydroxylation is 1. The van der Waals surface area contributed by atoms with Gasteiger partial charge in [0.25, 0.3) is 0 Å². The number of Topliss-reactive ketones (excluding diaryl/α,β-unsaturated/α-hetero) is 1. The van der Waals surface area contributed by atoms with E-state index in [-0.39, 0.29) is 22.2 Å². The zero-order chi connectivity index (χ0) is 14.3. The Morgan fingerprint density at radius 3 is 2.45 bits per heavy atom. The van der Waals surface area contributed by atoms with Crippen LogP contribution < -0.4 is 0 Å². The fourth-order valence-electron chi connectivity index (χ4n) is 3.60. The summed E-state index contributed by atoms with van der Waals surface area (Å²) in [7, 11) is -2.94. The van der Waals surface area contributed by atoms with Crippen LogP contribution in [0.5, 0.6) is 0 Å². The van der Waals surface area contributed by atoms with Gasteiger partial charge in [0.2, 0.25) is 0 Å². The highest BCUT2D eigenvalue weighted by molar-refractivity contribution is 7.93. The molecule has 2 fully saturated rings. The van der Waals surface area contributed by atoms with E-state index in [1.54, 1.807) is 0 Å². The minimum Gasteiger partial charge on any atom is -0.294 e. The number of hydrogen-bond acceptors (Lipinski definition) is 3. The molecule has 0 saturated carbocycles. The molecular formula is C16H20O3S. The lowest BCUT2D eigenvalue weighted by molar-refractivity contribution is 0.0905. The van der Waals surface area contributed by atoms with Crippen molar-refractivity contribution >= 4 is 15.6 Å². The van der Waals surface area contributed by atoms with E-state index in [9.17, 15) is 13.2 Å². The average Bonchev–Trinajstić information content (AvgIpc) is 2.66. The number of carbonyl (C=O) groups is 1.